The molecule has 0 saturated carbocycles. The summed E-state index contributed by atoms with van der Waals surface area (Å²) in [6.07, 6.45) is 6.16. The maximum atomic E-state index is 11.9. The zero-order valence-corrected chi connectivity index (χ0v) is 10.7. The summed E-state index contributed by atoms with van der Waals surface area (Å²) in [5.74, 6) is 0.291. The molecule has 0 aromatic rings. The molecule has 4 nitrogen and oxygen atoms in total. The largest absolute Gasteiger partial charge is 0.344 e. The van der Waals surface area contributed by atoms with Crippen LogP contribution in [0, 0.1) is 0 Å². The van der Waals surface area contributed by atoms with Crippen molar-refractivity contribution >= 4 is 5.91 Å². The van der Waals surface area contributed by atoms with E-state index in [4.69, 9.17) is 0 Å². The average Bonchev–Trinajstić information content (AvgIpc) is 2.90. The first-order valence-corrected chi connectivity index (χ1v) is 6.99. The smallest absolute Gasteiger partial charge is 0.239 e. The Labute approximate surface area is 103 Å². The van der Waals surface area contributed by atoms with Crippen molar-refractivity contribution in [1.29, 1.82) is 0 Å². The van der Waals surface area contributed by atoms with Gasteiger partial charge in [-0.2, -0.15) is 0 Å². The fraction of sp³-hybridized carbons (Fsp3) is 0.923. The molecule has 3 heterocycles. The Hall–Kier alpha value is -0.610. The second-order valence-electron chi connectivity index (χ2n) is 5.82. The first kappa shape index (κ1) is 11.5. The van der Waals surface area contributed by atoms with E-state index in [0.29, 0.717) is 11.9 Å². The molecule has 3 saturated heterocycles. The highest BCUT2D eigenvalue weighted by Gasteiger charge is 2.35. The van der Waals surface area contributed by atoms with Gasteiger partial charge in [-0.25, -0.2) is 0 Å². The van der Waals surface area contributed by atoms with Crippen LogP contribution in [0.3, 0.4) is 0 Å². The van der Waals surface area contributed by atoms with Gasteiger partial charge in [-0.3, -0.25) is 4.79 Å². The molecule has 4 heteroatoms. The number of hydrogen-bond donors (Lipinski definition) is 1. The number of nitrogens with one attached hydrogen (secondary N) is 1. The first-order valence-electron chi connectivity index (χ1n) is 6.99. The normalized spacial score (nSPS) is 38.8. The van der Waals surface area contributed by atoms with Gasteiger partial charge in [0.2, 0.25) is 5.91 Å². The van der Waals surface area contributed by atoms with Crippen molar-refractivity contribution in [1.82, 2.24) is 15.1 Å². The highest BCUT2D eigenvalue weighted by Crippen LogP contribution is 2.27. The van der Waals surface area contributed by atoms with E-state index >= 15 is 0 Å². The second kappa shape index (κ2) is 4.58. The summed E-state index contributed by atoms with van der Waals surface area (Å²) in [6.45, 7) is 3.43. The average molecular weight is 237 g/mol. The number of likely N-dealkylation sites (N-methyl/N-ethyl adjacent to an activating group) is 1. The molecule has 96 valence electrons. The molecule has 3 fully saturated rings. The summed E-state index contributed by atoms with van der Waals surface area (Å²) in [5, 5.41) is 3.59. The minimum absolute atomic E-state index is 0.0953. The van der Waals surface area contributed by atoms with E-state index in [2.05, 4.69) is 10.2 Å². The lowest BCUT2D eigenvalue weighted by molar-refractivity contribution is -0.128. The third kappa shape index (κ3) is 2.20. The van der Waals surface area contributed by atoms with Crippen molar-refractivity contribution in [2.24, 2.45) is 0 Å². The van der Waals surface area contributed by atoms with Crippen molar-refractivity contribution in [2.75, 3.05) is 26.7 Å². The fourth-order valence-electron chi connectivity index (χ4n) is 3.64. The van der Waals surface area contributed by atoms with Gasteiger partial charge >= 0.3 is 0 Å². The Morgan fingerprint density at radius 2 is 2.06 bits per heavy atom. The molecule has 3 unspecified atom stereocenters. The highest BCUT2D eigenvalue weighted by molar-refractivity contribution is 5.83. The van der Waals surface area contributed by atoms with Gasteiger partial charge in [-0.15, -0.1) is 0 Å². The van der Waals surface area contributed by atoms with Crippen LogP contribution in [0.1, 0.15) is 32.1 Å². The number of fused-ring (bicyclic) bond motifs is 1. The van der Waals surface area contributed by atoms with E-state index in [0.717, 1.165) is 19.0 Å². The standard InChI is InChI=1S/C13H23N3O/c1-15-7-5-12(13(15)17)14-10-4-8-16-6-2-3-11(16)9-10/h10-12,14H,2-9H2,1H3. The summed E-state index contributed by atoms with van der Waals surface area (Å²) in [5.41, 5.74) is 0. The molecule has 1 amide bonds. The van der Waals surface area contributed by atoms with E-state index in [-0.39, 0.29) is 6.04 Å². The van der Waals surface area contributed by atoms with Crippen LogP contribution in [0.2, 0.25) is 0 Å². The van der Waals surface area contributed by atoms with Crippen LogP contribution in [0.4, 0.5) is 0 Å². The van der Waals surface area contributed by atoms with Gasteiger partial charge in [0.25, 0.3) is 0 Å². The fourth-order valence-corrected chi connectivity index (χ4v) is 3.64. The molecule has 3 aliphatic heterocycles. The Morgan fingerprint density at radius 1 is 1.18 bits per heavy atom. The molecule has 0 aliphatic carbocycles. The van der Waals surface area contributed by atoms with E-state index in [1.54, 1.807) is 0 Å². The summed E-state index contributed by atoms with van der Waals surface area (Å²) in [4.78, 5) is 16.3. The van der Waals surface area contributed by atoms with Crippen molar-refractivity contribution in [2.45, 2.75) is 50.2 Å². The maximum absolute atomic E-state index is 11.9. The van der Waals surface area contributed by atoms with Crippen LogP contribution < -0.4 is 5.32 Å². The third-order valence-corrected chi connectivity index (χ3v) is 4.68. The van der Waals surface area contributed by atoms with Gasteiger partial charge in [-0.1, -0.05) is 0 Å². The SMILES string of the molecule is CN1CCC(NC2CCN3CCCC3C2)C1=O. The minimum Gasteiger partial charge on any atom is -0.344 e. The van der Waals surface area contributed by atoms with Gasteiger partial charge in [0.05, 0.1) is 6.04 Å². The Kier molecular flexibility index (Phi) is 3.09. The van der Waals surface area contributed by atoms with Crippen molar-refractivity contribution < 1.29 is 4.79 Å². The van der Waals surface area contributed by atoms with E-state index in [9.17, 15) is 4.79 Å². The molecule has 0 bridgehead atoms. The molecule has 0 radical (unpaired) electrons. The number of likely N-dealkylation sites (tertiary alicyclic amines) is 1. The molecule has 3 atom stereocenters. The van der Waals surface area contributed by atoms with Crippen LogP contribution >= 0.6 is 0 Å². The molecule has 3 rings (SSSR count). The molecule has 0 aromatic heterocycles. The number of amides is 1. The summed E-state index contributed by atoms with van der Waals surface area (Å²) >= 11 is 0. The monoisotopic (exact) mass is 237 g/mol. The van der Waals surface area contributed by atoms with E-state index in [1.165, 1.54) is 38.8 Å². The Bertz CT molecular complexity index is 307. The van der Waals surface area contributed by atoms with E-state index < -0.39 is 0 Å². The zero-order chi connectivity index (χ0) is 11.8. The predicted octanol–water partition coefficient (Wildman–Crippen LogP) is 0.433. The lowest BCUT2D eigenvalue weighted by Gasteiger charge is -2.36. The number of piperidine rings is 1. The van der Waals surface area contributed by atoms with Crippen molar-refractivity contribution in [3.05, 3.63) is 0 Å². The lowest BCUT2D eigenvalue weighted by Crippen LogP contribution is -2.50. The maximum Gasteiger partial charge on any atom is 0.239 e. The minimum atomic E-state index is 0.0953. The Balaban J connectivity index is 1.54. The van der Waals surface area contributed by atoms with Gasteiger partial charge in [0.1, 0.15) is 0 Å². The summed E-state index contributed by atoms with van der Waals surface area (Å²) in [6, 6.07) is 1.45. The van der Waals surface area contributed by atoms with Crippen LogP contribution in [-0.4, -0.2) is 60.5 Å². The predicted molar refractivity (Wildman–Crippen MR) is 66.8 cm³/mol. The molecular formula is C13H23N3O. The molecule has 1 N–H and O–H groups in total. The van der Waals surface area contributed by atoms with Crippen LogP contribution in [-0.2, 0) is 4.79 Å². The summed E-state index contributed by atoms with van der Waals surface area (Å²) < 4.78 is 0. The molecule has 3 aliphatic rings. The topological polar surface area (TPSA) is 35.6 Å². The van der Waals surface area contributed by atoms with Crippen LogP contribution in [0.25, 0.3) is 0 Å². The van der Waals surface area contributed by atoms with Crippen LogP contribution in [0.15, 0.2) is 0 Å². The number of rotatable bonds is 2. The molecule has 0 spiro atoms. The Morgan fingerprint density at radius 3 is 2.82 bits per heavy atom. The first-order chi connectivity index (χ1) is 8.24. The summed E-state index contributed by atoms with van der Waals surface area (Å²) in [7, 11) is 1.91. The highest BCUT2D eigenvalue weighted by atomic mass is 16.2. The number of hydrogen-bond acceptors (Lipinski definition) is 3. The zero-order valence-electron chi connectivity index (χ0n) is 10.7. The molecule has 0 aromatic carbocycles. The van der Waals surface area contributed by atoms with Crippen LogP contribution in [0.5, 0.6) is 0 Å². The van der Waals surface area contributed by atoms with Crippen molar-refractivity contribution in [3.63, 3.8) is 0 Å². The van der Waals surface area contributed by atoms with E-state index in [1.807, 2.05) is 11.9 Å². The van der Waals surface area contributed by atoms with Gasteiger partial charge in [0, 0.05) is 25.7 Å². The third-order valence-electron chi connectivity index (χ3n) is 4.68. The van der Waals surface area contributed by atoms with Gasteiger partial charge in [-0.05, 0) is 45.2 Å². The van der Waals surface area contributed by atoms with Gasteiger partial charge in [0.15, 0.2) is 0 Å². The number of carbonyl (C=O) groups is 1. The molecule has 17 heavy (non-hydrogen) atoms. The van der Waals surface area contributed by atoms with Crippen molar-refractivity contribution in [3.8, 4) is 0 Å². The number of carbonyl (C=O) groups excluding carboxylic acids is 1. The number of nitrogens with zero attached hydrogens (tertiary/aromatic N) is 2. The lowest BCUT2D eigenvalue weighted by atomic mass is 9.96. The second-order valence-corrected chi connectivity index (χ2v) is 5.82. The van der Waals surface area contributed by atoms with Gasteiger partial charge < -0.3 is 15.1 Å². The quantitative estimate of drug-likeness (QED) is 0.757. The molecular weight excluding hydrogens is 214 g/mol.